The van der Waals surface area contributed by atoms with Crippen LogP contribution in [0.15, 0.2) is 36.4 Å². The molecule has 2 N–H and O–H groups in total. The summed E-state index contributed by atoms with van der Waals surface area (Å²) in [6, 6.07) is 12.5. The lowest BCUT2D eigenvalue weighted by Crippen LogP contribution is -2.36. The Morgan fingerprint density at radius 2 is 1.89 bits per heavy atom. The minimum Gasteiger partial charge on any atom is -0.321 e. The molecule has 2 aromatic rings. The van der Waals surface area contributed by atoms with Crippen LogP contribution in [-0.2, 0) is 24.9 Å². The van der Waals surface area contributed by atoms with Gasteiger partial charge in [0, 0.05) is 24.2 Å². The largest absolute Gasteiger partial charge is 0.321 e. The molecule has 1 aromatic heterocycles. The Balaban J connectivity index is 2.27. The molecule has 2 rings (SSSR count). The van der Waals surface area contributed by atoms with E-state index >= 15 is 0 Å². The summed E-state index contributed by atoms with van der Waals surface area (Å²) in [5.41, 5.74) is 9.66. The second-order valence-corrected chi connectivity index (χ2v) is 5.26. The SMILES string of the molecule is CCc1cc(CC(C)(N)c2ccccc2)n(CC)n1. The van der Waals surface area contributed by atoms with Crippen molar-refractivity contribution >= 4 is 0 Å². The summed E-state index contributed by atoms with van der Waals surface area (Å²) < 4.78 is 2.06. The van der Waals surface area contributed by atoms with Gasteiger partial charge in [-0.15, -0.1) is 0 Å². The normalized spacial score (nSPS) is 14.3. The second kappa shape index (κ2) is 5.57. The van der Waals surface area contributed by atoms with E-state index in [0.29, 0.717) is 0 Å². The van der Waals surface area contributed by atoms with E-state index in [-0.39, 0.29) is 5.54 Å². The minimum absolute atomic E-state index is 0.362. The maximum Gasteiger partial charge on any atom is 0.0624 e. The molecule has 0 saturated carbocycles. The Labute approximate surface area is 115 Å². The van der Waals surface area contributed by atoms with Gasteiger partial charge in [-0.25, -0.2) is 0 Å². The van der Waals surface area contributed by atoms with Gasteiger partial charge in [0.05, 0.1) is 5.69 Å². The first-order valence-electron chi connectivity index (χ1n) is 6.97. The van der Waals surface area contributed by atoms with Gasteiger partial charge in [-0.3, -0.25) is 4.68 Å². The Hall–Kier alpha value is -1.61. The van der Waals surface area contributed by atoms with Crippen molar-refractivity contribution in [2.75, 3.05) is 0 Å². The van der Waals surface area contributed by atoms with Gasteiger partial charge in [0.15, 0.2) is 0 Å². The van der Waals surface area contributed by atoms with E-state index in [9.17, 15) is 0 Å². The van der Waals surface area contributed by atoms with Gasteiger partial charge in [-0.1, -0.05) is 37.3 Å². The molecular weight excluding hydrogens is 234 g/mol. The van der Waals surface area contributed by atoms with Crippen LogP contribution in [0.1, 0.15) is 37.7 Å². The van der Waals surface area contributed by atoms with Crippen LogP contribution >= 0.6 is 0 Å². The fraction of sp³-hybridized carbons (Fsp3) is 0.438. The summed E-state index contributed by atoms with van der Waals surface area (Å²) in [7, 11) is 0. The molecule has 1 atom stereocenters. The number of aryl methyl sites for hydroxylation is 2. The van der Waals surface area contributed by atoms with Gasteiger partial charge < -0.3 is 5.73 Å². The molecule has 0 saturated heterocycles. The fourth-order valence-electron chi connectivity index (χ4n) is 2.40. The van der Waals surface area contributed by atoms with Crippen LogP contribution in [0.3, 0.4) is 0 Å². The first kappa shape index (κ1) is 13.8. The Morgan fingerprint density at radius 3 is 2.47 bits per heavy atom. The van der Waals surface area contributed by atoms with Crippen molar-refractivity contribution in [3.8, 4) is 0 Å². The van der Waals surface area contributed by atoms with Crippen LogP contribution in [-0.4, -0.2) is 9.78 Å². The Kier molecular flexibility index (Phi) is 4.05. The molecule has 19 heavy (non-hydrogen) atoms. The predicted octanol–water partition coefficient (Wildman–Crippen LogP) is 2.88. The van der Waals surface area contributed by atoms with Gasteiger partial charge in [0.25, 0.3) is 0 Å². The van der Waals surface area contributed by atoms with Gasteiger partial charge in [-0.2, -0.15) is 5.10 Å². The van der Waals surface area contributed by atoms with E-state index in [1.54, 1.807) is 0 Å². The Morgan fingerprint density at radius 1 is 1.21 bits per heavy atom. The lowest BCUT2D eigenvalue weighted by Gasteiger charge is -2.25. The van der Waals surface area contributed by atoms with Crippen molar-refractivity contribution in [2.45, 2.75) is 45.7 Å². The highest BCUT2D eigenvalue weighted by atomic mass is 15.3. The molecule has 0 bridgehead atoms. The van der Waals surface area contributed by atoms with Crippen molar-refractivity contribution in [2.24, 2.45) is 5.73 Å². The van der Waals surface area contributed by atoms with Crippen molar-refractivity contribution in [1.29, 1.82) is 0 Å². The molecule has 1 aromatic carbocycles. The van der Waals surface area contributed by atoms with E-state index < -0.39 is 0 Å². The lowest BCUT2D eigenvalue weighted by molar-refractivity contribution is 0.463. The number of nitrogens with two attached hydrogens (primary N) is 1. The number of nitrogens with zero attached hydrogens (tertiary/aromatic N) is 2. The van der Waals surface area contributed by atoms with E-state index in [4.69, 9.17) is 5.73 Å². The number of hydrogen-bond donors (Lipinski definition) is 1. The molecule has 0 aliphatic heterocycles. The molecule has 0 spiro atoms. The quantitative estimate of drug-likeness (QED) is 0.895. The molecule has 0 aliphatic carbocycles. The standard InChI is InChI=1S/C16H23N3/c1-4-14-11-15(19(5-2)18-14)12-16(3,17)13-9-7-6-8-10-13/h6-11H,4-5,12,17H2,1-3H3. The topological polar surface area (TPSA) is 43.8 Å². The monoisotopic (exact) mass is 257 g/mol. The van der Waals surface area contributed by atoms with Crippen LogP contribution in [0, 0.1) is 0 Å². The van der Waals surface area contributed by atoms with Crippen LogP contribution in [0.5, 0.6) is 0 Å². The molecule has 3 heteroatoms. The molecule has 3 nitrogen and oxygen atoms in total. The third-order valence-electron chi connectivity index (χ3n) is 3.56. The maximum atomic E-state index is 6.50. The summed E-state index contributed by atoms with van der Waals surface area (Å²) >= 11 is 0. The summed E-state index contributed by atoms with van der Waals surface area (Å²) in [6.07, 6.45) is 1.77. The third kappa shape index (κ3) is 3.04. The predicted molar refractivity (Wildman–Crippen MR) is 79.0 cm³/mol. The van der Waals surface area contributed by atoms with Gasteiger partial charge in [0.1, 0.15) is 0 Å². The van der Waals surface area contributed by atoms with E-state index in [1.165, 1.54) is 5.69 Å². The van der Waals surface area contributed by atoms with E-state index in [1.807, 2.05) is 18.2 Å². The van der Waals surface area contributed by atoms with Gasteiger partial charge in [-0.05, 0) is 31.9 Å². The van der Waals surface area contributed by atoms with E-state index in [2.05, 4.69) is 48.8 Å². The summed E-state index contributed by atoms with van der Waals surface area (Å²) in [5, 5.41) is 4.59. The first-order valence-corrected chi connectivity index (χ1v) is 6.97. The molecule has 102 valence electrons. The smallest absolute Gasteiger partial charge is 0.0624 e. The zero-order valence-electron chi connectivity index (χ0n) is 12.1. The highest BCUT2D eigenvalue weighted by molar-refractivity contribution is 5.26. The summed E-state index contributed by atoms with van der Waals surface area (Å²) in [4.78, 5) is 0. The maximum absolute atomic E-state index is 6.50. The second-order valence-electron chi connectivity index (χ2n) is 5.26. The highest BCUT2D eigenvalue weighted by Gasteiger charge is 2.23. The van der Waals surface area contributed by atoms with Crippen LogP contribution in [0.2, 0.25) is 0 Å². The van der Waals surface area contributed by atoms with E-state index in [0.717, 1.165) is 30.6 Å². The molecule has 0 radical (unpaired) electrons. The number of hydrogen-bond acceptors (Lipinski definition) is 2. The van der Waals surface area contributed by atoms with Crippen LogP contribution < -0.4 is 5.73 Å². The molecule has 0 amide bonds. The zero-order valence-corrected chi connectivity index (χ0v) is 12.1. The Bertz CT molecular complexity index is 526. The molecule has 0 fully saturated rings. The number of aromatic nitrogens is 2. The average molecular weight is 257 g/mol. The highest BCUT2D eigenvalue weighted by Crippen LogP contribution is 2.23. The zero-order chi connectivity index (χ0) is 13.9. The summed E-state index contributed by atoms with van der Waals surface area (Å²) in [5.74, 6) is 0. The number of rotatable bonds is 5. The molecule has 1 heterocycles. The van der Waals surface area contributed by atoms with Crippen molar-refractivity contribution in [1.82, 2.24) is 9.78 Å². The van der Waals surface area contributed by atoms with Gasteiger partial charge >= 0.3 is 0 Å². The van der Waals surface area contributed by atoms with Crippen LogP contribution in [0.25, 0.3) is 0 Å². The van der Waals surface area contributed by atoms with Crippen LogP contribution in [0.4, 0.5) is 0 Å². The molecular formula is C16H23N3. The number of benzene rings is 1. The lowest BCUT2D eigenvalue weighted by atomic mass is 9.88. The van der Waals surface area contributed by atoms with Crippen molar-refractivity contribution in [3.63, 3.8) is 0 Å². The van der Waals surface area contributed by atoms with Crippen molar-refractivity contribution < 1.29 is 0 Å². The first-order chi connectivity index (χ1) is 9.06. The third-order valence-corrected chi connectivity index (χ3v) is 3.56. The summed E-state index contributed by atoms with van der Waals surface area (Å²) in [6.45, 7) is 7.22. The van der Waals surface area contributed by atoms with Gasteiger partial charge in [0.2, 0.25) is 0 Å². The average Bonchev–Trinajstić information content (AvgIpc) is 2.81. The fourth-order valence-corrected chi connectivity index (χ4v) is 2.40. The molecule has 0 aliphatic rings. The minimum atomic E-state index is -0.362. The molecule has 1 unspecified atom stereocenters. The van der Waals surface area contributed by atoms with Crippen molar-refractivity contribution in [3.05, 3.63) is 53.3 Å².